The Morgan fingerprint density at radius 2 is 2.19 bits per heavy atom. The number of hydrogen-bond donors (Lipinski definition) is 0. The lowest BCUT2D eigenvalue weighted by molar-refractivity contribution is -0.131. The molecule has 21 heavy (non-hydrogen) atoms. The van der Waals surface area contributed by atoms with Gasteiger partial charge in [-0.2, -0.15) is 5.26 Å². The third-order valence-electron chi connectivity index (χ3n) is 3.37. The summed E-state index contributed by atoms with van der Waals surface area (Å²) in [4.78, 5) is 18.3. The molecule has 114 valence electrons. The Hall–Kier alpha value is -1.89. The lowest BCUT2D eigenvalue weighted by Gasteiger charge is -2.22. The van der Waals surface area contributed by atoms with Crippen LogP contribution in [-0.4, -0.2) is 28.9 Å². The SMILES string of the molecule is CC(C)CCN(CCC#N)C(=O)CCCc1ccccn1. The van der Waals surface area contributed by atoms with Gasteiger partial charge >= 0.3 is 0 Å². The van der Waals surface area contributed by atoms with E-state index in [1.807, 2.05) is 23.1 Å². The van der Waals surface area contributed by atoms with Gasteiger partial charge in [-0.3, -0.25) is 9.78 Å². The van der Waals surface area contributed by atoms with Crippen molar-refractivity contribution in [1.29, 1.82) is 5.26 Å². The van der Waals surface area contributed by atoms with Crippen molar-refractivity contribution in [3.05, 3.63) is 30.1 Å². The Morgan fingerprint density at radius 3 is 2.81 bits per heavy atom. The van der Waals surface area contributed by atoms with E-state index in [4.69, 9.17) is 5.26 Å². The first-order valence-corrected chi connectivity index (χ1v) is 7.68. The highest BCUT2D eigenvalue weighted by Gasteiger charge is 2.13. The molecule has 0 N–H and O–H groups in total. The molecule has 4 heteroatoms. The van der Waals surface area contributed by atoms with Crippen molar-refractivity contribution in [2.75, 3.05) is 13.1 Å². The topological polar surface area (TPSA) is 57.0 Å². The van der Waals surface area contributed by atoms with Crippen LogP contribution in [0.15, 0.2) is 24.4 Å². The Morgan fingerprint density at radius 1 is 1.38 bits per heavy atom. The van der Waals surface area contributed by atoms with Crippen LogP contribution < -0.4 is 0 Å². The van der Waals surface area contributed by atoms with Crippen molar-refractivity contribution < 1.29 is 4.79 Å². The van der Waals surface area contributed by atoms with Crippen LogP contribution in [0.25, 0.3) is 0 Å². The molecule has 0 radical (unpaired) electrons. The summed E-state index contributed by atoms with van der Waals surface area (Å²) in [6.45, 7) is 5.59. The van der Waals surface area contributed by atoms with Gasteiger partial charge in [0.15, 0.2) is 0 Å². The number of carbonyl (C=O) groups excluding carboxylic acids is 1. The largest absolute Gasteiger partial charge is 0.342 e. The zero-order valence-corrected chi connectivity index (χ0v) is 13.1. The van der Waals surface area contributed by atoms with Crippen LogP contribution >= 0.6 is 0 Å². The van der Waals surface area contributed by atoms with Crippen molar-refractivity contribution >= 4 is 5.91 Å². The van der Waals surface area contributed by atoms with E-state index in [9.17, 15) is 4.79 Å². The molecule has 0 unspecified atom stereocenters. The molecule has 0 aliphatic carbocycles. The average Bonchev–Trinajstić information content (AvgIpc) is 2.48. The van der Waals surface area contributed by atoms with Gasteiger partial charge < -0.3 is 4.90 Å². The minimum Gasteiger partial charge on any atom is -0.342 e. The zero-order chi connectivity index (χ0) is 15.5. The van der Waals surface area contributed by atoms with Gasteiger partial charge in [-0.1, -0.05) is 19.9 Å². The average molecular weight is 287 g/mol. The Labute approximate surface area is 127 Å². The predicted molar refractivity (Wildman–Crippen MR) is 83.4 cm³/mol. The van der Waals surface area contributed by atoms with Crippen molar-refractivity contribution in [1.82, 2.24) is 9.88 Å². The standard InChI is InChI=1S/C17H25N3O/c1-15(2)10-14-20(13-6-11-18)17(21)9-5-8-16-7-3-4-12-19-16/h3-4,7,12,15H,5-6,8-10,13-14H2,1-2H3. The van der Waals surface area contributed by atoms with Crippen LogP contribution in [0.1, 0.15) is 45.2 Å². The summed E-state index contributed by atoms with van der Waals surface area (Å²) in [6.07, 6.45) is 5.32. The molecule has 1 amide bonds. The summed E-state index contributed by atoms with van der Waals surface area (Å²) in [7, 11) is 0. The molecule has 0 saturated heterocycles. The second-order valence-electron chi connectivity index (χ2n) is 5.65. The van der Waals surface area contributed by atoms with Crippen molar-refractivity contribution in [3.63, 3.8) is 0 Å². The highest BCUT2D eigenvalue weighted by Crippen LogP contribution is 2.08. The maximum absolute atomic E-state index is 12.2. The highest BCUT2D eigenvalue weighted by molar-refractivity contribution is 5.76. The summed E-state index contributed by atoms with van der Waals surface area (Å²) < 4.78 is 0. The van der Waals surface area contributed by atoms with Crippen LogP contribution in [0, 0.1) is 17.2 Å². The summed E-state index contributed by atoms with van der Waals surface area (Å²) in [5, 5.41) is 8.70. The van der Waals surface area contributed by atoms with Crippen LogP contribution in [0.2, 0.25) is 0 Å². The van der Waals surface area contributed by atoms with Crippen LogP contribution in [0.4, 0.5) is 0 Å². The minimum atomic E-state index is 0.154. The van der Waals surface area contributed by atoms with Crippen molar-refractivity contribution in [2.45, 2.75) is 46.0 Å². The molecule has 1 aromatic heterocycles. The fourth-order valence-electron chi connectivity index (χ4n) is 2.09. The quantitative estimate of drug-likeness (QED) is 0.701. The number of pyridine rings is 1. The van der Waals surface area contributed by atoms with E-state index < -0.39 is 0 Å². The molecule has 0 aliphatic heterocycles. The monoisotopic (exact) mass is 287 g/mol. The van der Waals surface area contributed by atoms with E-state index in [1.165, 1.54) is 0 Å². The normalized spacial score (nSPS) is 10.4. The van der Waals surface area contributed by atoms with Gasteiger partial charge in [0.1, 0.15) is 0 Å². The van der Waals surface area contributed by atoms with Gasteiger partial charge in [-0.15, -0.1) is 0 Å². The van der Waals surface area contributed by atoms with Crippen LogP contribution in [0.5, 0.6) is 0 Å². The zero-order valence-electron chi connectivity index (χ0n) is 13.1. The van der Waals surface area contributed by atoms with E-state index in [0.717, 1.165) is 31.5 Å². The molecule has 0 atom stereocenters. The van der Waals surface area contributed by atoms with Gasteiger partial charge in [0, 0.05) is 31.4 Å². The molecule has 1 heterocycles. The molecule has 0 spiro atoms. The van der Waals surface area contributed by atoms with Crippen LogP contribution in [-0.2, 0) is 11.2 Å². The number of hydrogen-bond acceptors (Lipinski definition) is 3. The maximum atomic E-state index is 12.2. The molecule has 0 aromatic carbocycles. The Bertz CT molecular complexity index is 451. The van der Waals surface area contributed by atoms with E-state index in [-0.39, 0.29) is 5.91 Å². The van der Waals surface area contributed by atoms with Gasteiger partial charge in [-0.05, 0) is 37.3 Å². The van der Waals surface area contributed by atoms with Gasteiger partial charge in [0.05, 0.1) is 12.5 Å². The maximum Gasteiger partial charge on any atom is 0.222 e. The molecule has 0 aliphatic rings. The Kier molecular flexibility index (Phi) is 8.11. The second-order valence-corrected chi connectivity index (χ2v) is 5.65. The molecule has 1 aromatic rings. The van der Waals surface area contributed by atoms with E-state index >= 15 is 0 Å². The Balaban J connectivity index is 2.38. The number of nitriles is 1. The third kappa shape index (κ3) is 7.45. The molecular weight excluding hydrogens is 262 g/mol. The minimum absolute atomic E-state index is 0.154. The first kappa shape index (κ1) is 17.2. The number of rotatable bonds is 9. The molecule has 0 saturated carbocycles. The number of amides is 1. The van der Waals surface area contributed by atoms with Crippen LogP contribution in [0.3, 0.4) is 0 Å². The molecule has 1 rings (SSSR count). The first-order chi connectivity index (χ1) is 10.1. The second kappa shape index (κ2) is 9.93. The van der Waals surface area contributed by atoms with Gasteiger partial charge in [-0.25, -0.2) is 0 Å². The lowest BCUT2D eigenvalue weighted by atomic mass is 10.1. The summed E-state index contributed by atoms with van der Waals surface area (Å²) in [5.41, 5.74) is 1.02. The summed E-state index contributed by atoms with van der Waals surface area (Å²) in [6, 6.07) is 7.96. The molecule has 4 nitrogen and oxygen atoms in total. The van der Waals surface area contributed by atoms with Gasteiger partial charge in [0.2, 0.25) is 5.91 Å². The molecule has 0 fully saturated rings. The summed E-state index contributed by atoms with van der Waals surface area (Å²) >= 11 is 0. The first-order valence-electron chi connectivity index (χ1n) is 7.68. The third-order valence-corrected chi connectivity index (χ3v) is 3.37. The highest BCUT2D eigenvalue weighted by atomic mass is 16.2. The number of aromatic nitrogens is 1. The molecular formula is C17H25N3O. The summed E-state index contributed by atoms with van der Waals surface area (Å²) in [5.74, 6) is 0.720. The van der Waals surface area contributed by atoms with Gasteiger partial charge in [0.25, 0.3) is 0 Å². The lowest BCUT2D eigenvalue weighted by Crippen LogP contribution is -2.33. The van der Waals surface area contributed by atoms with E-state index in [0.29, 0.717) is 25.3 Å². The van der Waals surface area contributed by atoms with Crippen molar-refractivity contribution in [2.24, 2.45) is 5.92 Å². The predicted octanol–water partition coefficient (Wildman–Crippen LogP) is 3.19. The molecule has 0 bridgehead atoms. The fourth-order valence-corrected chi connectivity index (χ4v) is 2.09. The van der Waals surface area contributed by atoms with E-state index in [2.05, 4.69) is 24.9 Å². The van der Waals surface area contributed by atoms with Crippen molar-refractivity contribution in [3.8, 4) is 6.07 Å². The smallest absolute Gasteiger partial charge is 0.222 e. The number of aryl methyl sites for hydroxylation is 1. The van der Waals surface area contributed by atoms with E-state index in [1.54, 1.807) is 6.20 Å². The fraction of sp³-hybridized carbons (Fsp3) is 0.588. The number of carbonyl (C=O) groups is 1. The number of nitrogens with zero attached hydrogens (tertiary/aromatic N) is 3.